The second kappa shape index (κ2) is 3.14. The SMILES string of the molecule is C[NH+]1C(=O)C=C(Cl)C1=O.[Cl-]. The second-order valence-corrected chi connectivity index (χ2v) is 2.22. The molecule has 1 N–H and O–H groups in total. The molecule has 1 heterocycles. The summed E-state index contributed by atoms with van der Waals surface area (Å²) in [7, 11) is 1.47. The number of hydrogen-bond acceptors (Lipinski definition) is 2. The Hall–Kier alpha value is -0.380. The zero-order valence-corrected chi connectivity index (χ0v) is 6.66. The number of likely N-dealkylation sites (N-methyl/N-ethyl adjacent to an activating group) is 1. The van der Waals surface area contributed by atoms with Crippen LogP contribution < -0.4 is 17.3 Å². The van der Waals surface area contributed by atoms with E-state index in [1.807, 2.05) is 0 Å². The molecular weight excluding hydrogens is 177 g/mol. The second-order valence-electron chi connectivity index (χ2n) is 1.81. The van der Waals surface area contributed by atoms with Gasteiger partial charge in [-0.25, -0.2) is 14.5 Å². The van der Waals surface area contributed by atoms with Gasteiger partial charge in [-0.1, -0.05) is 11.6 Å². The Morgan fingerprint density at radius 2 is 2.00 bits per heavy atom. The first-order valence-electron chi connectivity index (χ1n) is 2.42. The van der Waals surface area contributed by atoms with E-state index in [4.69, 9.17) is 11.6 Å². The lowest BCUT2D eigenvalue weighted by atomic mass is 10.6. The molecule has 1 atom stereocenters. The summed E-state index contributed by atoms with van der Waals surface area (Å²) in [6.07, 6.45) is 1.14. The lowest BCUT2D eigenvalue weighted by Crippen LogP contribution is -3.12. The van der Waals surface area contributed by atoms with E-state index in [0.717, 1.165) is 6.08 Å². The van der Waals surface area contributed by atoms with E-state index >= 15 is 0 Å². The number of carbonyl (C=O) groups is 2. The molecule has 0 fully saturated rings. The number of rotatable bonds is 0. The minimum absolute atomic E-state index is 0. The Balaban J connectivity index is 0.000000810. The van der Waals surface area contributed by atoms with Gasteiger partial charge < -0.3 is 12.4 Å². The van der Waals surface area contributed by atoms with Crippen molar-refractivity contribution in [3.8, 4) is 0 Å². The van der Waals surface area contributed by atoms with Crippen LogP contribution in [0.5, 0.6) is 0 Å². The Bertz CT molecular complexity index is 212. The van der Waals surface area contributed by atoms with Crippen LogP contribution in [-0.4, -0.2) is 18.9 Å². The van der Waals surface area contributed by atoms with Crippen LogP contribution in [0.4, 0.5) is 0 Å². The summed E-state index contributed by atoms with van der Waals surface area (Å²) in [5.41, 5.74) is 0. The van der Waals surface area contributed by atoms with E-state index in [1.54, 1.807) is 0 Å². The minimum Gasteiger partial charge on any atom is -1.00 e. The van der Waals surface area contributed by atoms with E-state index in [9.17, 15) is 9.59 Å². The number of imide groups is 1. The van der Waals surface area contributed by atoms with Crippen LogP contribution >= 0.6 is 11.6 Å². The van der Waals surface area contributed by atoms with Crippen molar-refractivity contribution in [1.82, 2.24) is 0 Å². The maximum atomic E-state index is 10.7. The van der Waals surface area contributed by atoms with Gasteiger partial charge in [0, 0.05) is 0 Å². The van der Waals surface area contributed by atoms with Gasteiger partial charge in [0.15, 0.2) is 5.03 Å². The van der Waals surface area contributed by atoms with Crippen LogP contribution in [0.15, 0.2) is 11.1 Å². The molecule has 0 spiro atoms. The van der Waals surface area contributed by atoms with Gasteiger partial charge in [-0.05, 0) is 0 Å². The zero-order valence-electron chi connectivity index (χ0n) is 5.15. The summed E-state index contributed by atoms with van der Waals surface area (Å²) in [5.74, 6) is -0.619. The van der Waals surface area contributed by atoms with Crippen molar-refractivity contribution in [2.45, 2.75) is 0 Å². The quantitative estimate of drug-likeness (QED) is 0.385. The molecule has 1 unspecified atom stereocenters. The third kappa shape index (κ3) is 1.37. The predicted octanol–water partition coefficient (Wildman–Crippen LogP) is -4.31. The van der Waals surface area contributed by atoms with Gasteiger partial charge in [0.25, 0.3) is 0 Å². The van der Waals surface area contributed by atoms with Gasteiger partial charge in [-0.15, -0.1) is 0 Å². The number of amides is 2. The molecule has 0 aromatic rings. The van der Waals surface area contributed by atoms with Gasteiger partial charge in [-0.2, -0.15) is 0 Å². The van der Waals surface area contributed by atoms with Crippen molar-refractivity contribution in [2.75, 3.05) is 7.05 Å². The molecule has 3 nitrogen and oxygen atoms in total. The Labute approximate surface area is 69.0 Å². The highest BCUT2D eigenvalue weighted by molar-refractivity contribution is 6.43. The zero-order chi connectivity index (χ0) is 7.02. The third-order valence-electron chi connectivity index (χ3n) is 1.18. The van der Waals surface area contributed by atoms with Gasteiger partial charge in [0.1, 0.15) is 0 Å². The summed E-state index contributed by atoms with van der Waals surface area (Å²) in [5, 5.41) is 0.0255. The van der Waals surface area contributed by atoms with E-state index in [1.165, 1.54) is 7.05 Å². The highest BCUT2D eigenvalue weighted by Crippen LogP contribution is 2.01. The maximum Gasteiger partial charge on any atom is 0.363 e. The highest BCUT2D eigenvalue weighted by atomic mass is 35.5. The monoisotopic (exact) mass is 181 g/mol. The fourth-order valence-electron chi connectivity index (χ4n) is 0.580. The third-order valence-corrected chi connectivity index (χ3v) is 1.47. The first kappa shape index (κ1) is 9.62. The van der Waals surface area contributed by atoms with Crippen LogP contribution in [0.3, 0.4) is 0 Å². The lowest BCUT2D eigenvalue weighted by Gasteiger charge is -1.95. The average Bonchev–Trinajstić information content (AvgIpc) is 1.98. The summed E-state index contributed by atoms with van der Waals surface area (Å²) in [4.78, 5) is 21.4. The average molecular weight is 182 g/mol. The molecule has 0 aliphatic carbocycles. The van der Waals surface area contributed by atoms with Crippen molar-refractivity contribution in [3.05, 3.63) is 11.1 Å². The van der Waals surface area contributed by atoms with Crippen molar-refractivity contribution in [2.24, 2.45) is 0 Å². The van der Waals surface area contributed by atoms with Gasteiger partial charge in [-0.3, -0.25) is 0 Å². The molecule has 0 saturated carbocycles. The van der Waals surface area contributed by atoms with Crippen molar-refractivity contribution >= 4 is 23.4 Å². The molecule has 1 aliphatic heterocycles. The van der Waals surface area contributed by atoms with E-state index in [-0.39, 0.29) is 34.2 Å². The van der Waals surface area contributed by atoms with Crippen LogP contribution in [0.25, 0.3) is 0 Å². The molecule has 0 bridgehead atoms. The number of carbonyl (C=O) groups excluding carboxylic acids is 2. The van der Waals surface area contributed by atoms with Gasteiger partial charge in [0.05, 0.1) is 13.1 Å². The number of halogens is 2. The lowest BCUT2D eigenvalue weighted by molar-refractivity contribution is -0.705. The normalized spacial score (nSPS) is 24.2. The van der Waals surface area contributed by atoms with Crippen LogP contribution in [0.2, 0.25) is 0 Å². The molecule has 2 amide bonds. The molecule has 0 saturated heterocycles. The fourth-order valence-corrected chi connectivity index (χ4v) is 0.821. The Kier molecular flexibility index (Phi) is 3.02. The summed E-state index contributed by atoms with van der Waals surface area (Å²) >= 11 is 5.32. The molecule has 10 heavy (non-hydrogen) atoms. The van der Waals surface area contributed by atoms with Crippen molar-refractivity contribution in [3.63, 3.8) is 0 Å². The first-order chi connectivity index (χ1) is 4.13. The van der Waals surface area contributed by atoms with Crippen LogP contribution in [-0.2, 0) is 9.59 Å². The topological polar surface area (TPSA) is 38.6 Å². The van der Waals surface area contributed by atoms with Gasteiger partial charge >= 0.3 is 11.8 Å². The van der Waals surface area contributed by atoms with E-state index in [2.05, 4.69) is 0 Å². The Morgan fingerprint density at radius 3 is 2.10 bits per heavy atom. The highest BCUT2D eigenvalue weighted by Gasteiger charge is 2.32. The first-order valence-corrected chi connectivity index (χ1v) is 2.80. The fraction of sp³-hybridized carbons (Fsp3) is 0.200. The number of hydrogen-bond donors (Lipinski definition) is 1. The number of nitrogens with one attached hydrogen (secondary N) is 1. The molecular formula is C5H5Cl2NO2. The van der Waals surface area contributed by atoms with E-state index in [0.29, 0.717) is 0 Å². The minimum atomic E-state index is -0.346. The molecule has 0 aromatic carbocycles. The van der Waals surface area contributed by atoms with Crippen LogP contribution in [0, 0.1) is 0 Å². The van der Waals surface area contributed by atoms with Gasteiger partial charge in [0.2, 0.25) is 0 Å². The molecule has 1 rings (SSSR count). The van der Waals surface area contributed by atoms with E-state index < -0.39 is 0 Å². The summed E-state index contributed by atoms with van der Waals surface area (Å²) in [6.45, 7) is 0. The maximum absolute atomic E-state index is 10.7. The summed E-state index contributed by atoms with van der Waals surface area (Å²) in [6, 6.07) is 0. The Morgan fingerprint density at radius 1 is 1.50 bits per heavy atom. The van der Waals surface area contributed by atoms with Crippen molar-refractivity contribution < 1.29 is 26.9 Å². The predicted molar refractivity (Wildman–Crippen MR) is 30.8 cm³/mol. The molecule has 56 valence electrons. The standard InChI is InChI=1S/C5H4ClNO2.ClH/c1-7-4(8)2-3(6)5(7)9;/h2H,1H3;1H. The molecule has 5 heteroatoms. The molecule has 0 radical (unpaired) electrons. The number of quaternary nitrogens is 1. The summed E-state index contributed by atoms with van der Waals surface area (Å²) < 4.78 is 0. The smallest absolute Gasteiger partial charge is 0.363 e. The largest absolute Gasteiger partial charge is 1.00 e. The molecule has 0 aromatic heterocycles. The molecule has 1 aliphatic rings. The van der Waals surface area contributed by atoms with Crippen molar-refractivity contribution in [1.29, 1.82) is 0 Å². The van der Waals surface area contributed by atoms with Crippen LogP contribution in [0.1, 0.15) is 0 Å².